The van der Waals surface area contributed by atoms with Gasteiger partial charge in [0.1, 0.15) is 18.2 Å². The predicted octanol–water partition coefficient (Wildman–Crippen LogP) is 3.75. The smallest absolute Gasteiger partial charge is 0.255 e. The van der Waals surface area contributed by atoms with Crippen molar-refractivity contribution in [3.63, 3.8) is 0 Å². The van der Waals surface area contributed by atoms with E-state index in [4.69, 9.17) is 4.74 Å². The van der Waals surface area contributed by atoms with E-state index < -0.39 is 0 Å². The Bertz CT molecular complexity index is 931. The van der Waals surface area contributed by atoms with Crippen LogP contribution in [0.15, 0.2) is 48.5 Å². The molecule has 140 valence electrons. The van der Waals surface area contributed by atoms with Gasteiger partial charge in [-0.1, -0.05) is 17.7 Å². The second kappa shape index (κ2) is 8.03. The van der Waals surface area contributed by atoms with Crippen LogP contribution in [0.3, 0.4) is 0 Å². The number of halogens is 1. The van der Waals surface area contributed by atoms with E-state index >= 15 is 0 Å². The summed E-state index contributed by atoms with van der Waals surface area (Å²) in [4.78, 5) is 12.6. The van der Waals surface area contributed by atoms with Gasteiger partial charge in [-0.15, -0.1) is 0 Å². The molecule has 0 spiro atoms. The average Bonchev–Trinajstić information content (AvgIpc) is 2.95. The third-order valence-electron chi connectivity index (χ3n) is 4.27. The second-order valence-corrected chi connectivity index (χ2v) is 6.35. The Morgan fingerprint density at radius 2 is 1.74 bits per heavy atom. The van der Waals surface area contributed by atoms with Crippen molar-refractivity contribution < 1.29 is 13.9 Å². The van der Waals surface area contributed by atoms with Crippen LogP contribution in [0.4, 0.5) is 4.39 Å². The Morgan fingerprint density at radius 1 is 1.07 bits per heavy atom. The number of hydrogen-bond acceptors (Lipinski definition) is 3. The molecule has 0 bridgehead atoms. The van der Waals surface area contributed by atoms with Crippen molar-refractivity contribution in [2.45, 2.75) is 20.8 Å². The highest BCUT2D eigenvalue weighted by atomic mass is 19.1. The predicted molar refractivity (Wildman–Crippen MR) is 102 cm³/mol. The van der Waals surface area contributed by atoms with Crippen LogP contribution in [-0.4, -0.2) is 28.8 Å². The summed E-state index contributed by atoms with van der Waals surface area (Å²) in [5, 5.41) is 7.28. The lowest BCUT2D eigenvalue weighted by molar-refractivity contribution is 0.0945. The Hall–Kier alpha value is -3.15. The average molecular weight is 367 g/mol. The van der Waals surface area contributed by atoms with Gasteiger partial charge in [0, 0.05) is 0 Å². The van der Waals surface area contributed by atoms with Crippen molar-refractivity contribution >= 4 is 5.91 Å². The van der Waals surface area contributed by atoms with Gasteiger partial charge in [-0.25, -0.2) is 9.07 Å². The van der Waals surface area contributed by atoms with Crippen LogP contribution in [0.25, 0.3) is 5.69 Å². The molecule has 2 aromatic carbocycles. The molecule has 0 unspecified atom stereocenters. The standard InChI is InChI=1S/C21H22FN3O2/c1-14-4-10-19(11-5-14)27-13-12-23-21(26)20-15(2)24-25(16(20)3)18-8-6-17(22)7-9-18/h4-11H,12-13H2,1-3H3,(H,23,26). The topological polar surface area (TPSA) is 56.1 Å². The third kappa shape index (κ3) is 4.34. The van der Waals surface area contributed by atoms with Gasteiger partial charge >= 0.3 is 0 Å². The van der Waals surface area contributed by atoms with E-state index in [0.29, 0.717) is 35.8 Å². The highest BCUT2D eigenvalue weighted by Gasteiger charge is 2.19. The summed E-state index contributed by atoms with van der Waals surface area (Å²) >= 11 is 0. The molecule has 0 atom stereocenters. The number of hydrogen-bond donors (Lipinski definition) is 1. The van der Waals surface area contributed by atoms with Crippen LogP contribution in [0, 0.1) is 26.6 Å². The second-order valence-electron chi connectivity index (χ2n) is 6.35. The number of carbonyl (C=O) groups excluding carboxylic acids is 1. The SMILES string of the molecule is Cc1ccc(OCCNC(=O)c2c(C)nn(-c3ccc(F)cc3)c2C)cc1. The van der Waals surface area contributed by atoms with Gasteiger partial charge in [-0.2, -0.15) is 5.10 Å². The molecule has 0 aliphatic rings. The molecule has 6 heteroatoms. The zero-order valence-corrected chi connectivity index (χ0v) is 15.6. The third-order valence-corrected chi connectivity index (χ3v) is 4.27. The highest BCUT2D eigenvalue weighted by Crippen LogP contribution is 2.18. The molecule has 1 N–H and O–H groups in total. The van der Waals surface area contributed by atoms with Crippen molar-refractivity contribution in [2.24, 2.45) is 0 Å². The highest BCUT2D eigenvalue weighted by molar-refractivity contribution is 5.96. The first-order chi connectivity index (χ1) is 13.0. The number of aryl methyl sites for hydroxylation is 2. The van der Waals surface area contributed by atoms with E-state index in [1.165, 1.54) is 17.7 Å². The van der Waals surface area contributed by atoms with E-state index in [-0.39, 0.29) is 11.7 Å². The van der Waals surface area contributed by atoms with Crippen LogP contribution < -0.4 is 10.1 Å². The van der Waals surface area contributed by atoms with Gasteiger partial charge in [0.15, 0.2) is 0 Å². The van der Waals surface area contributed by atoms with Crippen LogP contribution in [0.5, 0.6) is 5.75 Å². The lowest BCUT2D eigenvalue weighted by Crippen LogP contribution is -2.29. The molecule has 5 nitrogen and oxygen atoms in total. The normalized spacial score (nSPS) is 10.7. The molecule has 1 heterocycles. The van der Waals surface area contributed by atoms with E-state index in [1.807, 2.05) is 38.1 Å². The van der Waals surface area contributed by atoms with E-state index in [0.717, 1.165) is 5.75 Å². The first-order valence-electron chi connectivity index (χ1n) is 8.75. The van der Waals surface area contributed by atoms with Crippen molar-refractivity contribution in [3.8, 4) is 11.4 Å². The lowest BCUT2D eigenvalue weighted by atomic mass is 10.2. The molecule has 3 rings (SSSR count). The maximum absolute atomic E-state index is 13.1. The lowest BCUT2D eigenvalue weighted by Gasteiger charge is -2.09. The van der Waals surface area contributed by atoms with Crippen LogP contribution in [0.2, 0.25) is 0 Å². The molecule has 1 aromatic heterocycles. The minimum atomic E-state index is -0.313. The molecular formula is C21H22FN3O2. The number of nitrogens with zero attached hydrogens (tertiary/aromatic N) is 2. The molecule has 3 aromatic rings. The Labute approximate surface area is 157 Å². The fourth-order valence-electron chi connectivity index (χ4n) is 2.86. The summed E-state index contributed by atoms with van der Waals surface area (Å²) in [6, 6.07) is 13.8. The number of benzene rings is 2. The Kier molecular flexibility index (Phi) is 5.54. The molecular weight excluding hydrogens is 345 g/mol. The quantitative estimate of drug-likeness (QED) is 0.675. The maximum atomic E-state index is 13.1. The first-order valence-corrected chi connectivity index (χ1v) is 8.75. The summed E-state index contributed by atoms with van der Waals surface area (Å²) in [6.45, 7) is 6.37. The monoisotopic (exact) mass is 367 g/mol. The molecule has 0 saturated heterocycles. The van der Waals surface area contributed by atoms with Gasteiger partial charge in [-0.05, 0) is 57.2 Å². The van der Waals surface area contributed by atoms with Gasteiger partial charge in [-0.3, -0.25) is 4.79 Å². The molecule has 0 radical (unpaired) electrons. The maximum Gasteiger partial charge on any atom is 0.255 e. The fraction of sp³-hybridized carbons (Fsp3) is 0.238. The van der Waals surface area contributed by atoms with Crippen molar-refractivity contribution in [2.75, 3.05) is 13.2 Å². The number of carbonyl (C=O) groups is 1. The summed E-state index contributed by atoms with van der Waals surface area (Å²) < 4.78 is 20.4. The summed E-state index contributed by atoms with van der Waals surface area (Å²) in [5.41, 5.74) is 3.72. The number of nitrogens with one attached hydrogen (secondary N) is 1. The van der Waals surface area contributed by atoms with Gasteiger partial charge in [0.05, 0.1) is 29.2 Å². The number of rotatable bonds is 6. The molecule has 0 aliphatic carbocycles. The molecule has 1 amide bonds. The Balaban J connectivity index is 1.63. The van der Waals surface area contributed by atoms with E-state index in [9.17, 15) is 9.18 Å². The minimum absolute atomic E-state index is 0.203. The molecule has 0 fully saturated rings. The van der Waals surface area contributed by atoms with Crippen molar-refractivity contribution in [1.82, 2.24) is 15.1 Å². The number of ether oxygens (including phenoxy) is 1. The largest absolute Gasteiger partial charge is 0.492 e. The zero-order chi connectivity index (χ0) is 19.4. The fourth-order valence-corrected chi connectivity index (χ4v) is 2.86. The van der Waals surface area contributed by atoms with Crippen LogP contribution in [0.1, 0.15) is 27.3 Å². The molecule has 27 heavy (non-hydrogen) atoms. The van der Waals surface area contributed by atoms with Gasteiger partial charge in [0.2, 0.25) is 0 Å². The van der Waals surface area contributed by atoms with E-state index in [2.05, 4.69) is 10.4 Å². The van der Waals surface area contributed by atoms with Crippen molar-refractivity contribution in [1.29, 1.82) is 0 Å². The summed E-state index contributed by atoms with van der Waals surface area (Å²) in [6.07, 6.45) is 0. The number of aromatic nitrogens is 2. The van der Waals surface area contributed by atoms with Crippen LogP contribution in [-0.2, 0) is 0 Å². The first kappa shape index (κ1) is 18.6. The van der Waals surface area contributed by atoms with Crippen molar-refractivity contribution in [3.05, 3.63) is 76.9 Å². The van der Waals surface area contributed by atoms with Gasteiger partial charge in [0.25, 0.3) is 5.91 Å². The minimum Gasteiger partial charge on any atom is -0.492 e. The zero-order valence-electron chi connectivity index (χ0n) is 15.6. The van der Waals surface area contributed by atoms with Crippen LogP contribution >= 0.6 is 0 Å². The molecule has 0 aliphatic heterocycles. The molecule has 0 saturated carbocycles. The summed E-state index contributed by atoms with van der Waals surface area (Å²) in [7, 11) is 0. The Morgan fingerprint density at radius 3 is 2.41 bits per heavy atom. The van der Waals surface area contributed by atoms with E-state index in [1.54, 1.807) is 23.7 Å². The number of amides is 1. The summed E-state index contributed by atoms with van der Waals surface area (Å²) in [5.74, 6) is 0.254. The van der Waals surface area contributed by atoms with Gasteiger partial charge < -0.3 is 10.1 Å².